The zero-order chi connectivity index (χ0) is 8.81. The van der Waals surface area contributed by atoms with Crippen molar-refractivity contribution in [1.82, 2.24) is 0 Å². The van der Waals surface area contributed by atoms with Crippen molar-refractivity contribution in [3.8, 4) is 0 Å². The van der Waals surface area contributed by atoms with Crippen LogP contribution in [0.3, 0.4) is 0 Å². The summed E-state index contributed by atoms with van der Waals surface area (Å²) in [6.45, 7) is 0. The molecule has 0 aliphatic carbocycles. The molecule has 0 heterocycles. The highest BCUT2D eigenvalue weighted by atomic mass is 35.5. The van der Waals surface area contributed by atoms with Gasteiger partial charge >= 0.3 is 0 Å². The second-order valence-corrected chi connectivity index (χ2v) is 2.76. The summed E-state index contributed by atoms with van der Waals surface area (Å²) in [7, 11) is 0. The Morgan fingerprint density at radius 2 is 1.83 bits per heavy atom. The van der Waals surface area contributed by atoms with E-state index in [9.17, 15) is 4.39 Å². The van der Waals surface area contributed by atoms with E-state index in [1.54, 1.807) is 12.1 Å². The first kappa shape index (κ1) is 9.27. The molecule has 0 unspecified atom stereocenters. The van der Waals surface area contributed by atoms with Crippen molar-refractivity contribution in [1.29, 1.82) is 0 Å². The van der Waals surface area contributed by atoms with E-state index in [1.807, 2.05) is 12.2 Å². The Morgan fingerprint density at radius 1 is 1.17 bits per heavy atom. The first-order chi connectivity index (χ1) is 5.83. The molecule has 0 N–H and O–H groups in total. The van der Waals surface area contributed by atoms with Crippen molar-refractivity contribution >= 4 is 11.6 Å². The van der Waals surface area contributed by atoms with Gasteiger partial charge in [-0.15, -0.1) is 11.6 Å². The quantitative estimate of drug-likeness (QED) is 0.500. The molecule has 0 aliphatic heterocycles. The second kappa shape index (κ2) is 4.94. The van der Waals surface area contributed by atoms with E-state index >= 15 is 0 Å². The Morgan fingerprint density at radius 3 is 2.42 bits per heavy atom. The van der Waals surface area contributed by atoms with Crippen molar-refractivity contribution in [2.45, 2.75) is 6.42 Å². The van der Waals surface area contributed by atoms with Crippen molar-refractivity contribution in [3.05, 3.63) is 47.8 Å². The third-order valence-corrected chi connectivity index (χ3v) is 1.70. The number of halogens is 2. The van der Waals surface area contributed by atoms with Crippen LogP contribution in [-0.4, -0.2) is 5.88 Å². The number of rotatable bonds is 3. The number of alkyl halides is 1. The van der Waals surface area contributed by atoms with Gasteiger partial charge in [0.25, 0.3) is 0 Å². The summed E-state index contributed by atoms with van der Waals surface area (Å²) < 4.78 is 12.4. The van der Waals surface area contributed by atoms with E-state index in [-0.39, 0.29) is 5.82 Å². The lowest BCUT2D eigenvalue weighted by Crippen LogP contribution is -1.81. The summed E-state index contributed by atoms with van der Waals surface area (Å²) in [5, 5.41) is 0. The lowest BCUT2D eigenvalue weighted by atomic mass is 10.1. The molecule has 2 heteroatoms. The van der Waals surface area contributed by atoms with Crippen molar-refractivity contribution in [2.24, 2.45) is 0 Å². The van der Waals surface area contributed by atoms with Gasteiger partial charge < -0.3 is 0 Å². The fourth-order valence-corrected chi connectivity index (χ4v) is 1.03. The van der Waals surface area contributed by atoms with Crippen LogP contribution in [0.5, 0.6) is 0 Å². The highest BCUT2D eigenvalue weighted by molar-refractivity contribution is 6.18. The largest absolute Gasteiger partial charge is 0.207 e. The highest BCUT2D eigenvalue weighted by Gasteiger charge is 1.89. The molecule has 1 aromatic rings. The topological polar surface area (TPSA) is 0 Å². The van der Waals surface area contributed by atoms with Gasteiger partial charge in [-0.25, -0.2) is 4.39 Å². The SMILES string of the molecule is Fc1ccc(C/C=C/CCl)cc1. The minimum absolute atomic E-state index is 0.194. The smallest absolute Gasteiger partial charge is 0.123 e. The van der Waals surface area contributed by atoms with Crippen LogP contribution in [0.1, 0.15) is 5.56 Å². The molecule has 0 nitrogen and oxygen atoms in total. The van der Waals surface area contributed by atoms with Crippen LogP contribution < -0.4 is 0 Å². The molecule has 0 radical (unpaired) electrons. The van der Waals surface area contributed by atoms with Crippen LogP contribution in [0.15, 0.2) is 36.4 Å². The second-order valence-electron chi connectivity index (χ2n) is 2.46. The first-order valence-corrected chi connectivity index (χ1v) is 4.32. The van der Waals surface area contributed by atoms with Gasteiger partial charge in [0.05, 0.1) is 0 Å². The number of hydrogen-bond donors (Lipinski definition) is 0. The molecular formula is C10H10ClF. The van der Waals surface area contributed by atoms with Crippen LogP contribution in [0.2, 0.25) is 0 Å². The van der Waals surface area contributed by atoms with Gasteiger partial charge in [0.2, 0.25) is 0 Å². The van der Waals surface area contributed by atoms with E-state index in [4.69, 9.17) is 11.6 Å². The number of hydrogen-bond acceptors (Lipinski definition) is 0. The van der Waals surface area contributed by atoms with Gasteiger partial charge in [-0.05, 0) is 24.1 Å². The summed E-state index contributed by atoms with van der Waals surface area (Å²) >= 11 is 5.45. The van der Waals surface area contributed by atoms with Crippen LogP contribution in [0, 0.1) is 5.82 Å². The lowest BCUT2D eigenvalue weighted by Gasteiger charge is -1.94. The maximum Gasteiger partial charge on any atom is 0.123 e. The Labute approximate surface area is 76.7 Å². The van der Waals surface area contributed by atoms with Crippen LogP contribution in [0.4, 0.5) is 4.39 Å². The predicted molar refractivity (Wildman–Crippen MR) is 50.0 cm³/mol. The van der Waals surface area contributed by atoms with Gasteiger partial charge in [0, 0.05) is 5.88 Å². The van der Waals surface area contributed by atoms with Crippen LogP contribution in [-0.2, 0) is 6.42 Å². The van der Waals surface area contributed by atoms with Crippen molar-refractivity contribution in [2.75, 3.05) is 5.88 Å². The minimum atomic E-state index is -0.194. The zero-order valence-corrected chi connectivity index (χ0v) is 7.39. The normalized spacial score (nSPS) is 10.8. The molecule has 0 amide bonds. The summed E-state index contributed by atoms with van der Waals surface area (Å²) in [5.74, 6) is 0.335. The molecule has 0 aliphatic rings. The molecule has 0 spiro atoms. The minimum Gasteiger partial charge on any atom is -0.207 e. The third kappa shape index (κ3) is 3.05. The van der Waals surface area contributed by atoms with Gasteiger partial charge in [-0.2, -0.15) is 0 Å². The molecule has 0 aromatic heterocycles. The van der Waals surface area contributed by atoms with Crippen LogP contribution in [0.25, 0.3) is 0 Å². The molecule has 1 rings (SSSR count). The Kier molecular flexibility index (Phi) is 3.81. The third-order valence-electron chi connectivity index (χ3n) is 1.52. The molecular weight excluding hydrogens is 175 g/mol. The first-order valence-electron chi connectivity index (χ1n) is 3.78. The summed E-state index contributed by atoms with van der Waals surface area (Å²) in [6.07, 6.45) is 4.66. The molecule has 64 valence electrons. The van der Waals surface area contributed by atoms with Crippen molar-refractivity contribution in [3.63, 3.8) is 0 Å². The predicted octanol–water partition coefficient (Wildman–Crippen LogP) is 3.16. The van der Waals surface area contributed by atoms with E-state index in [0.29, 0.717) is 5.88 Å². The molecule has 1 aromatic carbocycles. The highest BCUT2D eigenvalue weighted by Crippen LogP contribution is 2.03. The van der Waals surface area contributed by atoms with Gasteiger partial charge in [-0.3, -0.25) is 0 Å². The van der Waals surface area contributed by atoms with E-state index in [0.717, 1.165) is 12.0 Å². The molecule has 0 bridgehead atoms. The van der Waals surface area contributed by atoms with Crippen molar-refractivity contribution < 1.29 is 4.39 Å². The van der Waals surface area contributed by atoms with Gasteiger partial charge in [0.15, 0.2) is 0 Å². The lowest BCUT2D eigenvalue weighted by molar-refractivity contribution is 0.627. The number of benzene rings is 1. The Hall–Kier alpha value is -0.820. The monoisotopic (exact) mass is 184 g/mol. The average molecular weight is 185 g/mol. The Balaban J connectivity index is 2.53. The zero-order valence-electron chi connectivity index (χ0n) is 6.63. The molecule has 0 atom stereocenters. The Bertz CT molecular complexity index is 251. The number of allylic oxidation sites excluding steroid dienone is 2. The standard InChI is InChI=1S/C10H10ClF/c11-8-2-1-3-9-4-6-10(12)7-5-9/h1-2,4-7H,3,8H2/b2-1+. The van der Waals surface area contributed by atoms with E-state index in [1.165, 1.54) is 12.1 Å². The maximum absolute atomic E-state index is 12.4. The maximum atomic E-state index is 12.4. The fraction of sp³-hybridized carbons (Fsp3) is 0.200. The molecule has 0 fully saturated rings. The summed E-state index contributed by atoms with van der Waals surface area (Å²) in [4.78, 5) is 0. The molecule has 0 saturated carbocycles. The van der Waals surface area contributed by atoms with E-state index < -0.39 is 0 Å². The van der Waals surface area contributed by atoms with Crippen LogP contribution >= 0.6 is 11.6 Å². The van der Waals surface area contributed by atoms with E-state index in [2.05, 4.69) is 0 Å². The molecule has 0 saturated heterocycles. The van der Waals surface area contributed by atoms with Gasteiger partial charge in [-0.1, -0.05) is 24.3 Å². The molecule has 12 heavy (non-hydrogen) atoms. The van der Waals surface area contributed by atoms with Gasteiger partial charge in [0.1, 0.15) is 5.82 Å². The average Bonchev–Trinajstić information content (AvgIpc) is 2.09. The fourth-order valence-electron chi connectivity index (χ4n) is 0.903. The summed E-state index contributed by atoms with van der Waals surface area (Å²) in [5.41, 5.74) is 1.10. The summed E-state index contributed by atoms with van der Waals surface area (Å²) in [6, 6.07) is 6.47.